The van der Waals surface area contributed by atoms with Crippen LogP contribution in [0.5, 0.6) is 0 Å². The van der Waals surface area contributed by atoms with Crippen molar-refractivity contribution in [3.63, 3.8) is 0 Å². The maximum Gasteiger partial charge on any atom is 0.279 e. The minimum absolute atomic E-state index is 0.111. The second kappa shape index (κ2) is 9.19. The Hall–Kier alpha value is -3.24. The molecule has 0 spiro atoms. The Morgan fingerprint density at radius 3 is 2.41 bits per heavy atom. The third-order valence-corrected chi connectivity index (χ3v) is 8.61. The zero-order valence-electron chi connectivity index (χ0n) is 18.6. The molecule has 0 unspecified atom stereocenters. The number of nitrogens with zero attached hydrogens (tertiary/aromatic N) is 2. The van der Waals surface area contributed by atoms with Gasteiger partial charge in [0, 0.05) is 12.0 Å². The van der Waals surface area contributed by atoms with Crippen molar-refractivity contribution in [3.8, 4) is 0 Å². The highest BCUT2D eigenvalue weighted by molar-refractivity contribution is 7.92. The molecule has 3 aromatic rings. The van der Waals surface area contributed by atoms with E-state index in [1.807, 2.05) is 31.2 Å². The number of hydrogen-bond acceptors (Lipinski definition) is 5. The van der Waals surface area contributed by atoms with Crippen LogP contribution in [-0.2, 0) is 20.0 Å². The van der Waals surface area contributed by atoms with Crippen LogP contribution in [-0.4, -0.2) is 32.7 Å². The van der Waals surface area contributed by atoms with Gasteiger partial charge in [-0.1, -0.05) is 48.5 Å². The van der Waals surface area contributed by atoms with Crippen molar-refractivity contribution in [1.82, 2.24) is 4.41 Å². The SMILES string of the molecule is CCS(=O)(=O)Nc1ccccc1C1=NN(S(=O)(=O)c2cccc(F)c2)[C@@H](c2ccccc2C)C1. The van der Waals surface area contributed by atoms with Gasteiger partial charge in [-0.25, -0.2) is 12.8 Å². The van der Waals surface area contributed by atoms with Crippen LogP contribution >= 0.6 is 0 Å². The lowest BCUT2D eigenvalue weighted by atomic mass is 9.95. The molecule has 178 valence electrons. The van der Waals surface area contributed by atoms with E-state index in [4.69, 9.17) is 0 Å². The molecule has 7 nitrogen and oxygen atoms in total. The van der Waals surface area contributed by atoms with Crippen molar-refractivity contribution in [1.29, 1.82) is 0 Å². The van der Waals surface area contributed by atoms with E-state index < -0.39 is 31.9 Å². The van der Waals surface area contributed by atoms with Crippen LogP contribution in [0, 0.1) is 12.7 Å². The number of halogens is 1. The molecule has 0 saturated heterocycles. The topological polar surface area (TPSA) is 95.9 Å². The van der Waals surface area contributed by atoms with Crippen molar-refractivity contribution in [2.75, 3.05) is 10.5 Å². The summed E-state index contributed by atoms with van der Waals surface area (Å²) in [6, 6.07) is 18.2. The average molecular weight is 502 g/mol. The van der Waals surface area contributed by atoms with Crippen LogP contribution in [0.2, 0.25) is 0 Å². The number of sulfonamides is 2. The summed E-state index contributed by atoms with van der Waals surface area (Å²) in [5, 5.41) is 4.46. The van der Waals surface area contributed by atoms with Gasteiger partial charge in [0.1, 0.15) is 5.82 Å². The lowest BCUT2D eigenvalue weighted by Gasteiger charge is -2.24. The lowest BCUT2D eigenvalue weighted by molar-refractivity contribution is 0.370. The van der Waals surface area contributed by atoms with Gasteiger partial charge >= 0.3 is 0 Å². The van der Waals surface area contributed by atoms with Crippen molar-refractivity contribution >= 4 is 31.4 Å². The Morgan fingerprint density at radius 2 is 1.71 bits per heavy atom. The van der Waals surface area contributed by atoms with Crippen LogP contribution in [0.4, 0.5) is 10.1 Å². The van der Waals surface area contributed by atoms with Gasteiger partial charge in [0.25, 0.3) is 10.0 Å². The van der Waals surface area contributed by atoms with E-state index >= 15 is 0 Å². The third kappa shape index (κ3) is 4.69. The molecule has 34 heavy (non-hydrogen) atoms. The second-order valence-electron chi connectivity index (χ2n) is 7.91. The van der Waals surface area contributed by atoms with E-state index in [1.54, 1.807) is 24.3 Å². The molecule has 1 aliphatic heterocycles. The maximum absolute atomic E-state index is 13.9. The molecule has 0 saturated carbocycles. The highest BCUT2D eigenvalue weighted by Crippen LogP contribution is 2.39. The minimum Gasteiger partial charge on any atom is -0.283 e. The molecule has 0 aliphatic carbocycles. The molecule has 10 heteroatoms. The van der Waals surface area contributed by atoms with Crippen molar-refractivity contribution in [2.24, 2.45) is 5.10 Å². The minimum atomic E-state index is -4.20. The summed E-state index contributed by atoms with van der Waals surface area (Å²) in [7, 11) is -7.77. The first-order chi connectivity index (χ1) is 16.1. The molecular formula is C24H24FN3O4S2. The molecule has 0 aromatic heterocycles. The normalized spacial score (nSPS) is 16.4. The number of anilines is 1. The van der Waals surface area contributed by atoms with Crippen LogP contribution in [0.3, 0.4) is 0 Å². The first kappa shape index (κ1) is 23.9. The van der Waals surface area contributed by atoms with Crippen molar-refractivity contribution < 1.29 is 21.2 Å². The van der Waals surface area contributed by atoms with Gasteiger partial charge in [-0.3, -0.25) is 4.72 Å². The van der Waals surface area contributed by atoms with E-state index in [0.29, 0.717) is 17.0 Å². The number of aryl methyl sites for hydroxylation is 1. The maximum atomic E-state index is 13.9. The summed E-state index contributed by atoms with van der Waals surface area (Å²) in [5.41, 5.74) is 2.84. The zero-order chi connectivity index (χ0) is 24.5. The number of para-hydroxylation sites is 1. The van der Waals surface area contributed by atoms with Gasteiger partial charge in [-0.05, 0) is 49.2 Å². The fourth-order valence-corrected chi connectivity index (χ4v) is 5.98. The molecular weight excluding hydrogens is 477 g/mol. The average Bonchev–Trinajstić information content (AvgIpc) is 3.25. The first-order valence-corrected chi connectivity index (χ1v) is 13.7. The largest absolute Gasteiger partial charge is 0.283 e. The van der Waals surface area contributed by atoms with Crippen LogP contribution in [0.1, 0.15) is 36.1 Å². The van der Waals surface area contributed by atoms with E-state index in [9.17, 15) is 21.2 Å². The van der Waals surface area contributed by atoms with Gasteiger partial charge in [-0.15, -0.1) is 0 Å². The number of hydrazone groups is 1. The molecule has 1 atom stereocenters. The number of nitrogens with one attached hydrogen (secondary N) is 1. The van der Waals surface area contributed by atoms with Crippen molar-refractivity contribution in [3.05, 3.63) is 95.3 Å². The Labute approximate surface area is 199 Å². The third-order valence-electron chi connectivity index (χ3n) is 5.64. The molecule has 1 N–H and O–H groups in total. The van der Waals surface area contributed by atoms with Gasteiger partial charge < -0.3 is 0 Å². The highest BCUT2D eigenvalue weighted by atomic mass is 32.2. The van der Waals surface area contributed by atoms with Crippen LogP contribution in [0.25, 0.3) is 0 Å². The molecule has 0 amide bonds. The number of rotatable bonds is 7. The van der Waals surface area contributed by atoms with E-state index in [0.717, 1.165) is 21.6 Å². The van der Waals surface area contributed by atoms with Gasteiger partial charge in [-0.2, -0.15) is 17.9 Å². The van der Waals surface area contributed by atoms with E-state index in [2.05, 4.69) is 9.82 Å². The summed E-state index contributed by atoms with van der Waals surface area (Å²) in [6.45, 7) is 3.41. The summed E-state index contributed by atoms with van der Waals surface area (Å²) < 4.78 is 69.0. The Morgan fingerprint density at radius 1 is 1.00 bits per heavy atom. The van der Waals surface area contributed by atoms with E-state index in [-0.39, 0.29) is 17.1 Å². The summed E-state index contributed by atoms with van der Waals surface area (Å²) >= 11 is 0. The summed E-state index contributed by atoms with van der Waals surface area (Å²) in [5.74, 6) is -0.782. The summed E-state index contributed by atoms with van der Waals surface area (Å²) in [4.78, 5) is -0.212. The predicted octanol–water partition coefficient (Wildman–Crippen LogP) is 4.44. The molecule has 1 aliphatic rings. The van der Waals surface area contributed by atoms with Gasteiger partial charge in [0.05, 0.1) is 28.1 Å². The number of hydrogen-bond donors (Lipinski definition) is 1. The first-order valence-electron chi connectivity index (χ1n) is 10.7. The van der Waals surface area contributed by atoms with Crippen LogP contribution in [0.15, 0.2) is 82.8 Å². The highest BCUT2D eigenvalue weighted by Gasteiger charge is 2.39. The standard InChI is InChI=1S/C24H24FN3O4S2/c1-3-33(29,30)27-22-14-7-6-13-21(22)23-16-24(20-12-5-4-9-17(20)2)28(26-23)34(31,32)19-11-8-10-18(25)15-19/h4-15,24,27H,3,16H2,1-2H3/t24-/m1/s1. The summed E-state index contributed by atoms with van der Waals surface area (Å²) in [6.07, 6.45) is 0.213. The van der Waals surface area contributed by atoms with Crippen LogP contribution < -0.4 is 4.72 Å². The zero-order valence-corrected chi connectivity index (χ0v) is 20.3. The Kier molecular flexibility index (Phi) is 6.46. The quantitative estimate of drug-likeness (QED) is 0.518. The molecule has 0 radical (unpaired) electrons. The van der Waals surface area contributed by atoms with Crippen molar-refractivity contribution in [2.45, 2.75) is 31.2 Å². The predicted molar refractivity (Wildman–Crippen MR) is 130 cm³/mol. The van der Waals surface area contributed by atoms with E-state index in [1.165, 1.54) is 25.1 Å². The monoisotopic (exact) mass is 501 g/mol. The van der Waals surface area contributed by atoms with Gasteiger partial charge in [0.15, 0.2) is 0 Å². The Balaban J connectivity index is 1.85. The second-order valence-corrected chi connectivity index (χ2v) is 11.7. The fourth-order valence-electron chi connectivity index (χ4n) is 3.86. The lowest BCUT2D eigenvalue weighted by Crippen LogP contribution is -2.27. The molecule has 0 fully saturated rings. The Bertz CT molecular complexity index is 1470. The molecule has 0 bridgehead atoms. The number of benzene rings is 3. The smallest absolute Gasteiger partial charge is 0.279 e. The molecule has 1 heterocycles. The molecule has 3 aromatic carbocycles. The fraction of sp³-hybridized carbons (Fsp3) is 0.208. The van der Waals surface area contributed by atoms with Gasteiger partial charge in [0.2, 0.25) is 10.0 Å². The molecule has 4 rings (SSSR count).